The molecule has 1 aromatic rings. The van der Waals surface area contributed by atoms with Crippen molar-refractivity contribution in [1.82, 2.24) is 4.90 Å². The van der Waals surface area contributed by atoms with Gasteiger partial charge in [-0.3, -0.25) is 4.90 Å². The van der Waals surface area contributed by atoms with Crippen molar-refractivity contribution in [2.45, 2.75) is 44.9 Å². The average molecular weight is 254 g/mol. The molecule has 1 aromatic carbocycles. The molecular weight excluding hydrogens is 234 g/mol. The van der Waals surface area contributed by atoms with Crippen LogP contribution in [0.4, 0.5) is 0 Å². The van der Waals surface area contributed by atoms with E-state index in [-0.39, 0.29) is 11.6 Å². The number of nitrogens with zero attached hydrogens (tertiary/aromatic N) is 1. The Morgan fingerprint density at radius 1 is 1.41 bits per heavy atom. The number of piperidine rings is 1. The molecule has 1 heterocycles. The highest BCUT2D eigenvalue weighted by Gasteiger charge is 2.33. The van der Waals surface area contributed by atoms with Crippen LogP contribution in [-0.2, 0) is 6.54 Å². The lowest BCUT2D eigenvalue weighted by Crippen LogP contribution is -2.50. The van der Waals surface area contributed by atoms with Gasteiger partial charge in [-0.05, 0) is 38.3 Å². The summed E-state index contributed by atoms with van der Waals surface area (Å²) in [6.45, 7) is 6.16. The number of hydrogen-bond acceptors (Lipinski definition) is 2. The van der Waals surface area contributed by atoms with Crippen LogP contribution in [0.15, 0.2) is 24.3 Å². The molecule has 1 atom stereocenters. The molecule has 1 fully saturated rings. The number of hydrogen-bond donors (Lipinski definition) is 1. The van der Waals surface area contributed by atoms with E-state index < -0.39 is 0 Å². The van der Waals surface area contributed by atoms with Gasteiger partial charge in [-0.25, -0.2) is 0 Å². The minimum absolute atomic E-state index is 0.0385. The van der Waals surface area contributed by atoms with Crippen molar-refractivity contribution in [3.63, 3.8) is 0 Å². The first-order chi connectivity index (χ1) is 7.99. The molecule has 1 N–H and O–H groups in total. The number of benzene rings is 1. The summed E-state index contributed by atoms with van der Waals surface area (Å²) < 4.78 is 0. The first kappa shape index (κ1) is 12.9. The first-order valence-electron chi connectivity index (χ1n) is 6.15. The van der Waals surface area contributed by atoms with Gasteiger partial charge in [-0.1, -0.05) is 29.8 Å². The Balaban J connectivity index is 2.11. The third-order valence-electron chi connectivity index (χ3n) is 3.64. The van der Waals surface area contributed by atoms with Crippen molar-refractivity contribution in [2.24, 2.45) is 0 Å². The molecule has 0 saturated carbocycles. The molecule has 17 heavy (non-hydrogen) atoms. The van der Waals surface area contributed by atoms with Gasteiger partial charge >= 0.3 is 0 Å². The Kier molecular flexibility index (Phi) is 3.76. The highest BCUT2D eigenvalue weighted by atomic mass is 35.5. The fourth-order valence-corrected chi connectivity index (χ4v) is 2.74. The van der Waals surface area contributed by atoms with E-state index in [0.29, 0.717) is 0 Å². The number of rotatable bonds is 2. The molecule has 3 heteroatoms. The lowest BCUT2D eigenvalue weighted by atomic mass is 9.88. The molecule has 94 valence electrons. The Hall–Kier alpha value is -0.570. The lowest BCUT2D eigenvalue weighted by Gasteiger charge is -2.44. The summed E-state index contributed by atoms with van der Waals surface area (Å²) in [5.41, 5.74) is 1.20. The largest absolute Gasteiger partial charge is 0.393 e. The minimum Gasteiger partial charge on any atom is -0.393 e. The summed E-state index contributed by atoms with van der Waals surface area (Å²) >= 11 is 6.19. The van der Waals surface area contributed by atoms with Crippen LogP contribution in [0.2, 0.25) is 5.02 Å². The minimum atomic E-state index is -0.160. The summed E-state index contributed by atoms with van der Waals surface area (Å²) in [6, 6.07) is 7.98. The second-order valence-electron chi connectivity index (χ2n) is 5.47. The molecule has 1 aliphatic heterocycles. The highest BCUT2D eigenvalue weighted by molar-refractivity contribution is 6.31. The maximum atomic E-state index is 9.73. The Morgan fingerprint density at radius 3 is 2.76 bits per heavy atom. The fourth-order valence-electron chi connectivity index (χ4n) is 2.54. The van der Waals surface area contributed by atoms with Gasteiger partial charge in [0, 0.05) is 23.7 Å². The predicted molar refractivity (Wildman–Crippen MR) is 71.2 cm³/mol. The van der Waals surface area contributed by atoms with E-state index in [4.69, 9.17) is 11.6 Å². The molecule has 2 nitrogen and oxygen atoms in total. The summed E-state index contributed by atoms with van der Waals surface area (Å²) in [4.78, 5) is 2.40. The maximum absolute atomic E-state index is 9.73. The Labute approximate surface area is 108 Å². The summed E-state index contributed by atoms with van der Waals surface area (Å²) in [7, 11) is 0. The third-order valence-corrected chi connectivity index (χ3v) is 4.01. The zero-order valence-electron chi connectivity index (χ0n) is 10.5. The van der Waals surface area contributed by atoms with Gasteiger partial charge in [0.15, 0.2) is 0 Å². The zero-order valence-corrected chi connectivity index (χ0v) is 11.2. The molecule has 2 rings (SSSR count). The number of aliphatic hydroxyl groups is 1. The van der Waals surface area contributed by atoms with Gasteiger partial charge in [0.2, 0.25) is 0 Å². The summed E-state index contributed by atoms with van der Waals surface area (Å²) in [6.07, 6.45) is 1.53. The van der Waals surface area contributed by atoms with Gasteiger partial charge in [0.1, 0.15) is 0 Å². The Morgan fingerprint density at radius 2 is 2.12 bits per heavy atom. The molecule has 0 spiro atoms. The van der Waals surface area contributed by atoms with Crippen LogP contribution in [0.3, 0.4) is 0 Å². The van der Waals surface area contributed by atoms with Crippen molar-refractivity contribution >= 4 is 11.6 Å². The molecule has 0 radical (unpaired) electrons. The van der Waals surface area contributed by atoms with Crippen LogP contribution >= 0.6 is 11.6 Å². The van der Waals surface area contributed by atoms with E-state index in [0.717, 1.165) is 31.0 Å². The predicted octanol–water partition coefficient (Wildman–Crippen LogP) is 3.08. The van der Waals surface area contributed by atoms with Gasteiger partial charge < -0.3 is 5.11 Å². The van der Waals surface area contributed by atoms with Crippen LogP contribution in [0.1, 0.15) is 32.3 Å². The van der Waals surface area contributed by atoms with E-state index in [2.05, 4.69) is 24.8 Å². The molecular formula is C14H20ClNO. The van der Waals surface area contributed by atoms with Crippen LogP contribution in [0.5, 0.6) is 0 Å². The van der Waals surface area contributed by atoms with Crippen molar-refractivity contribution in [3.05, 3.63) is 34.9 Å². The van der Waals surface area contributed by atoms with Crippen molar-refractivity contribution in [2.75, 3.05) is 6.54 Å². The second-order valence-corrected chi connectivity index (χ2v) is 5.88. The smallest absolute Gasteiger partial charge is 0.0569 e. The standard InChI is InChI=1S/C14H20ClNO/c1-14(2)9-12(17)7-8-16(14)10-11-5-3-4-6-13(11)15/h3-6,12,17H,7-10H2,1-2H3. The van der Waals surface area contributed by atoms with E-state index in [1.807, 2.05) is 18.2 Å². The molecule has 0 aromatic heterocycles. The van der Waals surface area contributed by atoms with Crippen LogP contribution in [0.25, 0.3) is 0 Å². The van der Waals surface area contributed by atoms with Crippen molar-refractivity contribution in [3.8, 4) is 0 Å². The van der Waals surface area contributed by atoms with Crippen LogP contribution in [-0.4, -0.2) is 28.2 Å². The monoisotopic (exact) mass is 253 g/mol. The third kappa shape index (κ3) is 3.01. The molecule has 0 bridgehead atoms. The maximum Gasteiger partial charge on any atom is 0.0569 e. The number of aliphatic hydroxyl groups excluding tert-OH is 1. The van der Waals surface area contributed by atoms with Gasteiger partial charge in [0.25, 0.3) is 0 Å². The van der Waals surface area contributed by atoms with Gasteiger partial charge in [0.05, 0.1) is 6.10 Å². The van der Waals surface area contributed by atoms with Crippen molar-refractivity contribution < 1.29 is 5.11 Å². The quantitative estimate of drug-likeness (QED) is 0.876. The van der Waals surface area contributed by atoms with Crippen LogP contribution < -0.4 is 0 Å². The van der Waals surface area contributed by atoms with Crippen LogP contribution in [0, 0.1) is 0 Å². The Bertz CT molecular complexity index is 392. The topological polar surface area (TPSA) is 23.5 Å². The SMILES string of the molecule is CC1(C)CC(O)CCN1Cc1ccccc1Cl. The molecule has 1 saturated heterocycles. The molecule has 1 unspecified atom stereocenters. The van der Waals surface area contributed by atoms with Gasteiger partial charge in [-0.2, -0.15) is 0 Å². The molecule has 1 aliphatic rings. The zero-order chi connectivity index (χ0) is 12.5. The number of likely N-dealkylation sites (tertiary alicyclic amines) is 1. The van der Waals surface area contributed by atoms with E-state index >= 15 is 0 Å². The highest BCUT2D eigenvalue weighted by Crippen LogP contribution is 2.30. The van der Waals surface area contributed by atoms with E-state index in [1.54, 1.807) is 0 Å². The van der Waals surface area contributed by atoms with Gasteiger partial charge in [-0.15, -0.1) is 0 Å². The molecule has 0 aliphatic carbocycles. The van der Waals surface area contributed by atoms with Crippen molar-refractivity contribution in [1.29, 1.82) is 0 Å². The summed E-state index contributed by atoms with van der Waals surface area (Å²) in [5, 5.41) is 10.6. The first-order valence-corrected chi connectivity index (χ1v) is 6.53. The fraction of sp³-hybridized carbons (Fsp3) is 0.571. The second kappa shape index (κ2) is 4.97. The number of halogens is 1. The normalized spacial score (nSPS) is 24.8. The average Bonchev–Trinajstić information content (AvgIpc) is 2.24. The lowest BCUT2D eigenvalue weighted by molar-refractivity contribution is -0.00715. The van der Waals surface area contributed by atoms with E-state index in [9.17, 15) is 5.11 Å². The van der Waals surface area contributed by atoms with E-state index in [1.165, 1.54) is 5.56 Å². The summed E-state index contributed by atoms with van der Waals surface area (Å²) in [5.74, 6) is 0. The molecule has 0 amide bonds.